The van der Waals surface area contributed by atoms with Crippen LogP contribution in [0.4, 0.5) is 0 Å². The Morgan fingerprint density at radius 1 is 1.14 bits per heavy atom. The van der Waals surface area contributed by atoms with E-state index in [-0.39, 0.29) is 28.0 Å². The number of hydrogen-bond donors (Lipinski definition) is 0. The first kappa shape index (κ1) is 32.0. The first-order valence-electron chi connectivity index (χ1n) is 13.7. The fourth-order valence-electron chi connectivity index (χ4n) is 4.55. The van der Waals surface area contributed by atoms with Gasteiger partial charge in [0.15, 0.2) is 23.4 Å². The molecule has 0 amide bonds. The Hall–Kier alpha value is -3.89. The molecular formula is C32H33BrClN3O6. The van der Waals surface area contributed by atoms with E-state index in [1.165, 1.54) is 25.1 Å². The Labute approximate surface area is 263 Å². The van der Waals surface area contributed by atoms with Crippen LogP contribution in [0, 0.1) is 6.92 Å². The number of rotatable bonds is 10. The Morgan fingerprint density at radius 3 is 2.51 bits per heavy atom. The third-order valence-electron chi connectivity index (χ3n) is 6.79. The van der Waals surface area contributed by atoms with Gasteiger partial charge in [-0.3, -0.25) is 4.79 Å². The summed E-state index contributed by atoms with van der Waals surface area (Å²) >= 11 is 10.1. The zero-order chi connectivity index (χ0) is 31.4. The molecule has 1 aromatic heterocycles. The van der Waals surface area contributed by atoms with Gasteiger partial charge in [0, 0.05) is 15.6 Å². The molecule has 0 aliphatic carbocycles. The lowest BCUT2D eigenvalue weighted by Crippen LogP contribution is -2.25. The van der Waals surface area contributed by atoms with Crippen LogP contribution in [0.25, 0.3) is 22.3 Å². The number of carbonyl (C=O) groups is 1. The van der Waals surface area contributed by atoms with Crippen molar-refractivity contribution >= 4 is 50.6 Å². The molecule has 226 valence electrons. The van der Waals surface area contributed by atoms with E-state index >= 15 is 0 Å². The van der Waals surface area contributed by atoms with Crippen LogP contribution in [0.3, 0.4) is 0 Å². The predicted octanol–water partition coefficient (Wildman–Crippen LogP) is 7.14. The van der Waals surface area contributed by atoms with Crippen molar-refractivity contribution in [3.05, 3.63) is 79.0 Å². The number of fused-ring (bicyclic) bond motifs is 1. The van der Waals surface area contributed by atoms with Crippen LogP contribution in [-0.2, 0) is 9.53 Å². The maximum Gasteiger partial charge on any atom is 0.346 e. The lowest BCUT2D eigenvalue weighted by molar-refractivity contribution is -0.147. The number of para-hydroxylation sites is 1. The quantitative estimate of drug-likeness (QED) is 0.131. The number of esters is 1. The van der Waals surface area contributed by atoms with Crippen LogP contribution >= 0.6 is 27.5 Å². The Bertz CT molecular complexity index is 1770. The molecule has 0 N–H and O–H groups in total. The molecule has 4 aromatic rings. The molecule has 4 rings (SSSR count). The molecule has 3 aromatic carbocycles. The van der Waals surface area contributed by atoms with Gasteiger partial charge in [-0.15, -0.1) is 0 Å². The predicted molar refractivity (Wildman–Crippen MR) is 172 cm³/mol. The number of nitrogens with zero attached hydrogens (tertiary/aromatic N) is 3. The minimum absolute atomic E-state index is 0.155. The van der Waals surface area contributed by atoms with Crippen LogP contribution in [0.2, 0.25) is 5.02 Å². The van der Waals surface area contributed by atoms with Crippen molar-refractivity contribution in [3.8, 4) is 28.6 Å². The summed E-state index contributed by atoms with van der Waals surface area (Å²) in [6, 6.07) is 12.8. The Balaban J connectivity index is 1.91. The van der Waals surface area contributed by atoms with Gasteiger partial charge in [-0.1, -0.05) is 37.6 Å². The van der Waals surface area contributed by atoms with Gasteiger partial charge >= 0.3 is 5.97 Å². The summed E-state index contributed by atoms with van der Waals surface area (Å²) in [5.41, 5.74) is 3.35. The van der Waals surface area contributed by atoms with E-state index in [9.17, 15) is 9.59 Å². The van der Waals surface area contributed by atoms with Gasteiger partial charge < -0.3 is 18.9 Å². The smallest absolute Gasteiger partial charge is 0.346 e. The van der Waals surface area contributed by atoms with Crippen molar-refractivity contribution in [1.29, 1.82) is 0 Å². The number of carbonyl (C=O) groups excluding carboxylic acids is 1. The van der Waals surface area contributed by atoms with Crippen molar-refractivity contribution in [2.24, 2.45) is 5.10 Å². The van der Waals surface area contributed by atoms with Crippen molar-refractivity contribution < 1.29 is 23.7 Å². The molecule has 0 radical (unpaired) electrons. The number of aryl methyl sites for hydroxylation is 1. The summed E-state index contributed by atoms with van der Waals surface area (Å²) < 4.78 is 23.6. The second-order valence-corrected chi connectivity index (χ2v) is 11.2. The summed E-state index contributed by atoms with van der Waals surface area (Å²) in [6.07, 6.45) is 0.557. The van der Waals surface area contributed by atoms with Crippen molar-refractivity contribution in [3.63, 3.8) is 0 Å². The number of ether oxygens (including phenoxy) is 4. The number of benzene rings is 3. The SMILES string of the molecule is CCOc1cc(C)c(-c2nc3ccccc3c(=O)n2N=Cc2cc(OC)c(O[C@H](C)C(=O)OC)c(Cl)c2Br)cc1C(C)C. The maximum atomic E-state index is 13.8. The fourth-order valence-corrected chi connectivity index (χ4v) is 5.19. The fraction of sp³-hybridized carbons (Fsp3) is 0.312. The molecule has 1 heterocycles. The van der Waals surface area contributed by atoms with Gasteiger partial charge in [0.1, 0.15) is 10.8 Å². The number of halogens is 2. The van der Waals surface area contributed by atoms with Crippen molar-refractivity contribution in [1.82, 2.24) is 9.66 Å². The van der Waals surface area contributed by atoms with Gasteiger partial charge in [0.25, 0.3) is 5.56 Å². The lowest BCUT2D eigenvalue weighted by Gasteiger charge is -2.19. The highest BCUT2D eigenvalue weighted by Gasteiger charge is 2.23. The summed E-state index contributed by atoms with van der Waals surface area (Å²) in [7, 11) is 2.72. The van der Waals surface area contributed by atoms with E-state index in [1.807, 2.05) is 32.0 Å². The van der Waals surface area contributed by atoms with E-state index in [1.54, 1.807) is 31.2 Å². The number of methoxy groups -OCH3 is 2. The topological polar surface area (TPSA) is 101 Å². The minimum atomic E-state index is -0.930. The molecule has 0 saturated heterocycles. The van der Waals surface area contributed by atoms with Gasteiger partial charge in [-0.2, -0.15) is 9.78 Å². The molecule has 9 nitrogen and oxygen atoms in total. The van der Waals surface area contributed by atoms with Crippen molar-refractivity contribution in [2.75, 3.05) is 20.8 Å². The Morgan fingerprint density at radius 2 is 1.86 bits per heavy atom. The molecule has 0 aliphatic rings. The van der Waals surface area contributed by atoms with Crippen molar-refractivity contribution in [2.45, 2.75) is 46.6 Å². The average Bonchev–Trinajstić information content (AvgIpc) is 2.99. The summed E-state index contributed by atoms with van der Waals surface area (Å²) in [5, 5.41) is 5.19. The van der Waals surface area contributed by atoms with E-state index in [0.717, 1.165) is 22.4 Å². The third-order valence-corrected chi connectivity index (χ3v) is 8.23. The second kappa shape index (κ2) is 13.6. The van der Waals surface area contributed by atoms with Gasteiger partial charge in [0.05, 0.1) is 37.9 Å². The lowest BCUT2D eigenvalue weighted by atomic mass is 9.96. The molecule has 11 heteroatoms. The van der Waals surface area contributed by atoms with Crippen LogP contribution in [0.15, 0.2) is 56.8 Å². The molecular weight excluding hydrogens is 638 g/mol. The summed E-state index contributed by atoms with van der Waals surface area (Å²) in [6.45, 7) is 10.1. The molecule has 0 fully saturated rings. The summed E-state index contributed by atoms with van der Waals surface area (Å²) in [4.78, 5) is 30.7. The monoisotopic (exact) mass is 669 g/mol. The highest BCUT2D eigenvalue weighted by molar-refractivity contribution is 9.10. The minimum Gasteiger partial charge on any atom is -0.494 e. The normalized spacial score (nSPS) is 12.1. The third kappa shape index (κ3) is 6.55. The van der Waals surface area contributed by atoms with E-state index in [2.05, 4.69) is 34.9 Å². The Kier molecular flexibility index (Phi) is 10.1. The van der Waals surface area contributed by atoms with Gasteiger partial charge in [-0.25, -0.2) is 9.78 Å². The number of aromatic nitrogens is 2. The highest BCUT2D eigenvalue weighted by atomic mass is 79.9. The number of hydrogen-bond acceptors (Lipinski definition) is 8. The molecule has 0 bridgehead atoms. The molecule has 43 heavy (non-hydrogen) atoms. The average molecular weight is 671 g/mol. The zero-order valence-electron chi connectivity index (χ0n) is 25.0. The summed E-state index contributed by atoms with van der Waals surface area (Å²) in [5.74, 6) is 1.19. The van der Waals surface area contributed by atoms with Crippen LogP contribution in [0.1, 0.15) is 50.3 Å². The molecule has 1 atom stereocenters. The van der Waals surface area contributed by atoms with E-state index in [4.69, 9.17) is 35.5 Å². The van der Waals surface area contributed by atoms with Gasteiger partial charge in [-0.05, 0) is 84.1 Å². The van der Waals surface area contributed by atoms with Crippen LogP contribution in [-0.4, -0.2) is 48.8 Å². The first-order valence-corrected chi connectivity index (χ1v) is 14.8. The molecule has 0 saturated carbocycles. The zero-order valence-corrected chi connectivity index (χ0v) is 27.4. The van der Waals surface area contributed by atoms with Crippen LogP contribution < -0.4 is 19.8 Å². The first-order chi connectivity index (χ1) is 20.5. The standard InChI is InChI=1S/C32H33BrClN3O6/c1-8-42-25-13-18(4)23(15-22(25)17(2)3)30-36-24-12-10-9-11-21(24)31(38)37(30)35-16-20-14-26(40-6)29(28(34)27(20)33)43-19(5)32(39)41-7/h9-17,19H,8H2,1-7H3/t19-/m1/s1. The van der Waals surface area contributed by atoms with E-state index in [0.29, 0.717) is 33.4 Å². The molecule has 0 aliphatic heterocycles. The van der Waals surface area contributed by atoms with E-state index < -0.39 is 12.1 Å². The molecule has 0 unspecified atom stereocenters. The molecule has 0 spiro atoms. The maximum absolute atomic E-state index is 13.8. The largest absolute Gasteiger partial charge is 0.494 e. The second-order valence-electron chi connectivity index (χ2n) is 10.0. The van der Waals surface area contributed by atoms with Crippen LogP contribution in [0.5, 0.6) is 17.2 Å². The van der Waals surface area contributed by atoms with Gasteiger partial charge in [0.2, 0.25) is 0 Å². The highest BCUT2D eigenvalue weighted by Crippen LogP contribution is 2.43.